The number of nitrogens with zero attached hydrogens (tertiary/aromatic N) is 4. The molecule has 2 aromatic heterocycles. The van der Waals surface area contributed by atoms with E-state index in [9.17, 15) is 4.79 Å². The average molecular weight is 365 g/mol. The Bertz CT molecular complexity index is 968. The van der Waals surface area contributed by atoms with Crippen molar-refractivity contribution in [3.05, 3.63) is 53.9 Å². The van der Waals surface area contributed by atoms with Gasteiger partial charge in [0.2, 0.25) is 0 Å². The second-order valence-electron chi connectivity index (χ2n) is 6.74. The van der Waals surface area contributed by atoms with E-state index in [1.54, 1.807) is 19.4 Å². The monoisotopic (exact) mass is 365 g/mol. The van der Waals surface area contributed by atoms with Crippen LogP contribution < -0.4 is 10.5 Å². The van der Waals surface area contributed by atoms with Crippen molar-refractivity contribution in [2.75, 3.05) is 26.7 Å². The van der Waals surface area contributed by atoms with Crippen LogP contribution in [0.25, 0.3) is 11.0 Å². The molecule has 0 saturated carbocycles. The van der Waals surface area contributed by atoms with E-state index in [1.165, 1.54) is 0 Å². The summed E-state index contributed by atoms with van der Waals surface area (Å²) >= 11 is 0. The molecule has 2 N–H and O–H groups in total. The van der Waals surface area contributed by atoms with Gasteiger partial charge in [-0.2, -0.15) is 5.10 Å². The lowest BCUT2D eigenvalue weighted by molar-refractivity contribution is 0.0790. The van der Waals surface area contributed by atoms with Crippen molar-refractivity contribution in [1.29, 1.82) is 0 Å². The fraction of sp³-hybridized carbons (Fsp3) is 0.350. The van der Waals surface area contributed by atoms with Gasteiger partial charge in [-0.3, -0.25) is 4.79 Å². The molecule has 7 heteroatoms. The fourth-order valence-corrected chi connectivity index (χ4v) is 3.72. The summed E-state index contributed by atoms with van der Waals surface area (Å²) in [6.45, 7) is 2.51. The minimum absolute atomic E-state index is 0.0280. The zero-order valence-corrected chi connectivity index (χ0v) is 15.3. The first-order chi connectivity index (χ1) is 13.2. The van der Waals surface area contributed by atoms with Crippen LogP contribution in [0.5, 0.6) is 5.75 Å². The predicted octanol–water partition coefficient (Wildman–Crippen LogP) is 2.03. The third-order valence-corrected chi connectivity index (χ3v) is 5.06. The lowest BCUT2D eigenvalue weighted by atomic mass is 10.0. The zero-order chi connectivity index (χ0) is 18.8. The minimum atomic E-state index is 0.0280. The number of amides is 1. The van der Waals surface area contributed by atoms with Gasteiger partial charge in [-0.25, -0.2) is 9.67 Å². The highest BCUT2D eigenvalue weighted by Crippen LogP contribution is 2.32. The number of carbonyl (C=O) groups excluding carboxylic acids is 1. The number of nitrogens with two attached hydrogens (primary N) is 1. The smallest absolute Gasteiger partial charge is 0.254 e. The minimum Gasteiger partial charge on any atom is -0.497 e. The summed E-state index contributed by atoms with van der Waals surface area (Å²) in [4.78, 5) is 19.2. The molecular formula is C20H23N5O2. The number of likely N-dealkylation sites (tertiary alicyclic amines) is 1. The first-order valence-electron chi connectivity index (χ1n) is 9.16. The Kier molecular flexibility index (Phi) is 4.77. The van der Waals surface area contributed by atoms with E-state index in [0.717, 1.165) is 23.1 Å². The number of carbonyl (C=O) groups is 1. The molecule has 0 bridgehead atoms. The molecule has 7 nitrogen and oxygen atoms in total. The normalized spacial score (nSPS) is 16.8. The lowest BCUT2D eigenvalue weighted by Crippen LogP contribution is -2.28. The van der Waals surface area contributed by atoms with Crippen molar-refractivity contribution in [2.45, 2.75) is 18.9 Å². The van der Waals surface area contributed by atoms with Crippen molar-refractivity contribution >= 4 is 16.9 Å². The zero-order valence-electron chi connectivity index (χ0n) is 15.3. The van der Waals surface area contributed by atoms with E-state index in [4.69, 9.17) is 15.6 Å². The summed E-state index contributed by atoms with van der Waals surface area (Å²) in [6, 6.07) is 11.3. The maximum absolute atomic E-state index is 12.9. The van der Waals surface area contributed by atoms with Crippen LogP contribution in [-0.4, -0.2) is 52.3 Å². The second kappa shape index (κ2) is 7.36. The number of fused-ring (bicyclic) bond motifs is 1. The summed E-state index contributed by atoms with van der Waals surface area (Å²) in [7, 11) is 1.60. The van der Waals surface area contributed by atoms with Crippen LogP contribution in [0.4, 0.5) is 0 Å². The molecule has 1 amide bonds. The first-order valence-corrected chi connectivity index (χ1v) is 9.16. The number of ether oxygens (including phenoxy) is 1. The Hall–Kier alpha value is -2.93. The molecule has 1 aliphatic rings. The van der Waals surface area contributed by atoms with Crippen LogP contribution in [0.1, 0.15) is 28.4 Å². The summed E-state index contributed by atoms with van der Waals surface area (Å²) in [5.41, 5.74) is 8.22. The van der Waals surface area contributed by atoms with E-state index >= 15 is 0 Å². The van der Waals surface area contributed by atoms with Gasteiger partial charge < -0.3 is 15.4 Å². The van der Waals surface area contributed by atoms with Gasteiger partial charge in [0.25, 0.3) is 5.91 Å². The van der Waals surface area contributed by atoms with Gasteiger partial charge in [-0.05, 0) is 36.8 Å². The molecular weight excluding hydrogens is 342 g/mol. The van der Waals surface area contributed by atoms with Gasteiger partial charge in [0.1, 0.15) is 5.75 Å². The van der Waals surface area contributed by atoms with Crippen molar-refractivity contribution in [3.8, 4) is 5.75 Å². The van der Waals surface area contributed by atoms with E-state index in [1.807, 2.05) is 39.9 Å². The highest BCUT2D eigenvalue weighted by Gasteiger charge is 2.31. The Labute approximate surface area is 157 Å². The van der Waals surface area contributed by atoms with Crippen molar-refractivity contribution in [1.82, 2.24) is 19.7 Å². The number of rotatable bonds is 5. The molecule has 4 rings (SSSR count). The molecule has 0 spiro atoms. The molecule has 1 aliphatic heterocycles. The molecule has 1 atom stereocenters. The topological polar surface area (TPSA) is 86.3 Å². The summed E-state index contributed by atoms with van der Waals surface area (Å²) in [5, 5.41) is 5.82. The second-order valence-corrected chi connectivity index (χ2v) is 6.74. The molecule has 0 radical (unpaired) electrons. The number of methoxy groups -OCH3 is 1. The van der Waals surface area contributed by atoms with Crippen LogP contribution in [-0.2, 0) is 6.54 Å². The molecule has 3 aromatic rings. The largest absolute Gasteiger partial charge is 0.497 e. The number of hydrogen-bond donors (Lipinski definition) is 1. The standard InChI is InChI=1S/C20H23N5O2/c1-27-16-5-2-4-14(12-16)20(26)24-10-7-15(13-24)18-17-6-3-9-22-19(17)25(23-18)11-8-21/h2-6,9,12,15H,7-8,10-11,13,21H2,1H3/t15-/m1/s1. The van der Waals surface area contributed by atoms with Gasteiger partial charge in [0, 0.05) is 42.7 Å². The summed E-state index contributed by atoms with van der Waals surface area (Å²) < 4.78 is 7.10. The molecule has 0 aliphatic carbocycles. The molecule has 27 heavy (non-hydrogen) atoms. The number of benzene rings is 1. The maximum Gasteiger partial charge on any atom is 0.254 e. The van der Waals surface area contributed by atoms with Crippen LogP contribution in [0.15, 0.2) is 42.6 Å². The van der Waals surface area contributed by atoms with E-state index < -0.39 is 0 Å². The fourth-order valence-electron chi connectivity index (χ4n) is 3.72. The molecule has 1 saturated heterocycles. The third-order valence-electron chi connectivity index (χ3n) is 5.06. The number of hydrogen-bond acceptors (Lipinski definition) is 5. The van der Waals surface area contributed by atoms with Gasteiger partial charge in [-0.15, -0.1) is 0 Å². The Morgan fingerprint density at radius 1 is 1.33 bits per heavy atom. The number of pyridine rings is 1. The first kappa shape index (κ1) is 17.5. The predicted molar refractivity (Wildman–Crippen MR) is 103 cm³/mol. The van der Waals surface area contributed by atoms with E-state index in [2.05, 4.69) is 4.98 Å². The SMILES string of the molecule is COc1cccc(C(=O)N2CC[C@@H](c3nn(CCN)c4ncccc34)C2)c1. The molecule has 1 fully saturated rings. The highest BCUT2D eigenvalue weighted by atomic mass is 16.5. The van der Waals surface area contributed by atoms with Gasteiger partial charge in [-0.1, -0.05) is 6.07 Å². The molecule has 140 valence electrons. The summed E-state index contributed by atoms with van der Waals surface area (Å²) in [6.07, 6.45) is 2.66. The van der Waals surface area contributed by atoms with Crippen LogP contribution in [0.3, 0.4) is 0 Å². The van der Waals surface area contributed by atoms with Crippen molar-refractivity contribution < 1.29 is 9.53 Å². The Morgan fingerprint density at radius 3 is 3.04 bits per heavy atom. The Balaban J connectivity index is 1.58. The molecule has 1 aromatic carbocycles. The number of aromatic nitrogens is 3. The van der Waals surface area contributed by atoms with E-state index in [0.29, 0.717) is 37.5 Å². The third kappa shape index (κ3) is 3.26. The van der Waals surface area contributed by atoms with Crippen molar-refractivity contribution in [2.24, 2.45) is 5.73 Å². The van der Waals surface area contributed by atoms with Gasteiger partial charge in [0.05, 0.1) is 19.3 Å². The van der Waals surface area contributed by atoms with Crippen LogP contribution >= 0.6 is 0 Å². The average Bonchev–Trinajstić information content (AvgIpc) is 3.33. The highest BCUT2D eigenvalue weighted by molar-refractivity contribution is 5.95. The van der Waals surface area contributed by atoms with Gasteiger partial charge >= 0.3 is 0 Å². The van der Waals surface area contributed by atoms with E-state index in [-0.39, 0.29) is 11.8 Å². The van der Waals surface area contributed by atoms with Crippen LogP contribution in [0.2, 0.25) is 0 Å². The molecule has 0 unspecified atom stereocenters. The Morgan fingerprint density at radius 2 is 2.22 bits per heavy atom. The summed E-state index contributed by atoms with van der Waals surface area (Å²) in [5.74, 6) is 0.916. The van der Waals surface area contributed by atoms with Crippen molar-refractivity contribution in [3.63, 3.8) is 0 Å². The lowest BCUT2D eigenvalue weighted by Gasteiger charge is -2.16. The van der Waals surface area contributed by atoms with Gasteiger partial charge in [0.15, 0.2) is 5.65 Å². The quantitative estimate of drug-likeness (QED) is 0.748. The van der Waals surface area contributed by atoms with Crippen LogP contribution in [0, 0.1) is 0 Å². The molecule has 3 heterocycles. The maximum atomic E-state index is 12.9.